The van der Waals surface area contributed by atoms with Crippen molar-refractivity contribution in [3.05, 3.63) is 0 Å². The van der Waals surface area contributed by atoms with Gasteiger partial charge in [-0.1, -0.05) is 40.0 Å². The quantitative estimate of drug-likeness (QED) is 0.623. The van der Waals surface area contributed by atoms with E-state index in [0.717, 1.165) is 11.8 Å². The molecular formula is C16H33NS. The van der Waals surface area contributed by atoms with E-state index >= 15 is 0 Å². The van der Waals surface area contributed by atoms with Crippen molar-refractivity contribution in [1.82, 2.24) is 4.90 Å². The first-order valence-corrected chi connectivity index (χ1v) is 8.69. The lowest BCUT2D eigenvalue weighted by atomic mass is 9.79. The molecule has 1 fully saturated rings. The first-order chi connectivity index (χ1) is 8.71. The summed E-state index contributed by atoms with van der Waals surface area (Å²) in [5.74, 6) is 1.06. The number of piperidine rings is 1. The van der Waals surface area contributed by atoms with Gasteiger partial charge in [0.2, 0.25) is 0 Å². The number of rotatable bonds is 8. The highest BCUT2D eigenvalue weighted by atomic mass is 32.1. The molecule has 1 unspecified atom stereocenters. The molecule has 1 aliphatic rings. The van der Waals surface area contributed by atoms with Gasteiger partial charge in [-0.25, -0.2) is 0 Å². The zero-order chi connectivity index (χ0) is 13.4. The van der Waals surface area contributed by atoms with Crippen molar-refractivity contribution in [3.63, 3.8) is 0 Å². The molecule has 108 valence electrons. The van der Waals surface area contributed by atoms with Crippen LogP contribution in [0, 0.1) is 5.41 Å². The Morgan fingerprint density at radius 2 is 1.78 bits per heavy atom. The molecule has 0 bridgehead atoms. The highest BCUT2D eigenvalue weighted by Gasteiger charge is 2.32. The van der Waals surface area contributed by atoms with Crippen LogP contribution in [0.15, 0.2) is 0 Å². The predicted molar refractivity (Wildman–Crippen MR) is 85.6 cm³/mol. The zero-order valence-corrected chi connectivity index (χ0v) is 13.6. The molecule has 0 aromatic heterocycles. The van der Waals surface area contributed by atoms with Gasteiger partial charge in [0.05, 0.1) is 0 Å². The largest absolute Gasteiger partial charge is 0.300 e. The molecule has 1 aliphatic heterocycles. The van der Waals surface area contributed by atoms with Crippen molar-refractivity contribution in [1.29, 1.82) is 0 Å². The van der Waals surface area contributed by atoms with Crippen molar-refractivity contribution in [2.75, 3.05) is 18.8 Å². The molecule has 1 nitrogen and oxygen atoms in total. The fourth-order valence-corrected chi connectivity index (χ4v) is 4.13. The van der Waals surface area contributed by atoms with Crippen LogP contribution < -0.4 is 0 Å². The van der Waals surface area contributed by atoms with Crippen molar-refractivity contribution >= 4 is 12.6 Å². The fourth-order valence-electron chi connectivity index (χ4n) is 3.71. The fraction of sp³-hybridized carbons (Fsp3) is 1.00. The molecule has 0 amide bonds. The Labute approximate surface area is 120 Å². The van der Waals surface area contributed by atoms with Gasteiger partial charge in [0.25, 0.3) is 0 Å². The molecule has 0 aromatic carbocycles. The van der Waals surface area contributed by atoms with Crippen LogP contribution in [0.1, 0.15) is 72.1 Å². The van der Waals surface area contributed by atoms with E-state index in [9.17, 15) is 0 Å². The molecule has 0 N–H and O–H groups in total. The minimum Gasteiger partial charge on any atom is -0.300 e. The third kappa shape index (κ3) is 4.45. The third-order valence-electron chi connectivity index (χ3n) is 4.65. The lowest BCUT2D eigenvalue weighted by molar-refractivity contribution is 0.0778. The van der Waals surface area contributed by atoms with Gasteiger partial charge in [-0.2, -0.15) is 12.6 Å². The van der Waals surface area contributed by atoms with Crippen molar-refractivity contribution in [3.8, 4) is 0 Å². The number of hydrogen-bond donors (Lipinski definition) is 1. The third-order valence-corrected chi connectivity index (χ3v) is 5.33. The molecular weight excluding hydrogens is 238 g/mol. The smallest absolute Gasteiger partial charge is 0.00928 e. The second-order valence-electron chi connectivity index (χ2n) is 6.19. The van der Waals surface area contributed by atoms with E-state index in [1.54, 1.807) is 0 Å². The summed E-state index contributed by atoms with van der Waals surface area (Å²) in [6.45, 7) is 9.60. The predicted octanol–water partition coefficient (Wildman–Crippen LogP) is 4.77. The van der Waals surface area contributed by atoms with Gasteiger partial charge in [0.15, 0.2) is 0 Å². The summed E-state index contributed by atoms with van der Waals surface area (Å²) in [4.78, 5) is 2.78. The van der Waals surface area contributed by atoms with Crippen LogP contribution >= 0.6 is 12.6 Å². The average Bonchev–Trinajstić information content (AvgIpc) is 2.40. The van der Waals surface area contributed by atoms with Gasteiger partial charge in [-0.15, -0.1) is 0 Å². The summed E-state index contributed by atoms with van der Waals surface area (Å²) >= 11 is 4.70. The summed E-state index contributed by atoms with van der Waals surface area (Å²) in [7, 11) is 0. The van der Waals surface area contributed by atoms with E-state index in [4.69, 9.17) is 12.6 Å². The molecule has 1 rings (SSSR count). The number of hydrogen-bond acceptors (Lipinski definition) is 2. The number of nitrogens with zero attached hydrogens (tertiary/aromatic N) is 1. The van der Waals surface area contributed by atoms with E-state index in [1.165, 1.54) is 64.5 Å². The Hall–Kier alpha value is 0.310. The van der Waals surface area contributed by atoms with Crippen LogP contribution in [0.5, 0.6) is 0 Å². The Kier molecular flexibility index (Phi) is 7.70. The Bertz CT molecular complexity index is 211. The molecule has 2 heteroatoms. The standard InChI is InChI=1S/C16H33NS/c1-4-10-16(14-18,11-5-2)13-17-12-8-7-9-15(17)6-3/h15,18H,4-14H2,1-3H3. The Morgan fingerprint density at radius 1 is 1.11 bits per heavy atom. The van der Waals surface area contributed by atoms with Crippen molar-refractivity contribution in [2.45, 2.75) is 78.2 Å². The minimum atomic E-state index is 0.470. The van der Waals surface area contributed by atoms with E-state index in [2.05, 4.69) is 25.7 Å². The van der Waals surface area contributed by atoms with Crippen molar-refractivity contribution in [2.24, 2.45) is 5.41 Å². The van der Waals surface area contributed by atoms with Gasteiger partial charge in [0.1, 0.15) is 0 Å². The first kappa shape index (κ1) is 16.4. The van der Waals surface area contributed by atoms with E-state index < -0.39 is 0 Å². The molecule has 1 saturated heterocycles. The lowest BCUT2D eigenvalue weighted by Gasteiger charge is -2.43. The molecule has 1 heterocycles. The molecule has 0 spiro atoms. The highest BCUT2D eigenvalue weighted by molar-refractivity contribution is 7.80. The summed E-state index contributed by atoms with van der Waals surface area (Å²) in [5, 5.41) is 0. The molecule has 0 aliphatic carbocycles. The normalized spacial score (nSPS) is 22.3. The maximum atomic E-state index is 4.70. The van der Waals surface area contributed by atoms with Crippen LogP contribution in [0.2, 0.25) is 0 Å². The SMILES string of the molecule is CCCC(CS)(CCC)CN1CCCCC1CC. The average molecular weight is 272 g/mol. The van der Waals surface area contributed by atoms with Gasteiger partial charge < -0.3 is 0 Å². The number of thiol groups is 1. The minimum absolute atomic E-state index is 0.470. The van der Waals surface area contributed by atoms with Crippen LogP contribution in [0.3, 0.4) is 0 Å². The first-order valence-electron chi connectivity index (χ1n) is 8.06. The van der Waals surface area contributed by atoms with Crippen molar-refractivity contribution < 1.29 is 0 Å². The van der Waals surface area contributed by atoms with Crippen LogP contribution in [-0.2, 0) is 0 Å². The monoisotopic (exact) mass is 271 g/mol. The van der Waals surface area contributed by atoms with Gasteiger partial charge >= 0.3 is 0 Å². The molecule has 0 saturated carbocycles. The van der Waals surface area contributed by atoms with E-state index in [1.807, 2.05) is 0 Å². The summed E-state index contributed by atoms with van der Waals surface area (Å²) in [5.41, 5.74) is 0.470. The number of likely N-dealkylation sites (tertiary alicyclic amines) is 1. The topological polar surface area (TPSA) is 3.24 Å². The van der Waals surface area contributed by atoms with Gasteiger partial charge in [-0.3, -0.25) is 4.90 Å². The zero-order valence-electron chi connectivity index (χ0n) is 12.7. The lowest BCUT2D eigenvalue weighted by Crippen LogP contribution is -2.46. The summed E-state index contributed by atoms with van der Waals surface area (Å²) in [6.07, 6.45) is 10.9. The second kappa shape index (κ2) is 8.47. The van der Waals surface area contributed by atoms with E-state index in [-0.39, 0.29) is 0 Å². The summed E-state index contributed by atoms with van der Waals surface area (Å²) in [6, 6.07) is 0.840. The van der Waals surface area contributed by atoms with Crippen LogP contribution in [-0.4, -0.2) is 29.8 Å². The van der Waals surface area contributed by atoms with Crippen LogP contribution in [0.4, 0.5) is 0 Å². The molecule has 0 radical (unpaired) electrons. The van der Waals surface area contributed by atoms with Gasteiger partial charge in [0, 0.05) is 12.6 Å². The Morgan fingerprint density at radius 3 is 2.28 bits per heavy atom. The maximum absolute atomic E-state index is 4.70. The van der Waals surface area contributed by atoms with Crippen LogP contribution in [0.25, 0.3) is 0 Å². The van der Waals surface area contributed by atoms with E-state index in [0.29, 0.717) is 5.41 Å². The maximum Gasteiger partial charge on any atom is 0.00928 e. The summed E-state index contributed by atoms with van der Waals surface area (Å²) < 4.78 is 0. The Balaban J connectivity index is 2.67. The molecule has 1 atom stereocenters. The second-order valence-corrected chi connectivity index (χ2v) is 6.50. The molecule has 18 heavy (non-hydrogen) atoms. The highest BCUT2D eigenvalue weighted by Crippen LogP contribution is 2.34. The van der Waals surface area contributed by atoms with Gasteiger partial charge in [-0.05, 0) is 49.8 Å². The molecule has 0 aromatic rings.